The number of anilines is 2. The van der Waals surface area contributed by atoms with Crippen LogP contribution < -0.4 is 10.0 Å². The van der Waals surface area contributed by atoms with Crippen LogP contribution in [0.4, 0.5) is 11.6 Å². The van der Waals surface area contributed by atoms with Gasteiger partial charge in [0.05, 0.1) is 11.0 Å². The highest BCUT2D eigenvalue weighted by molar-refractivity contribution is 7.92. The van der Waals surface area contributed by atoms with E-state index < -0.39 is 10.0 Å². The third kappa shape index (κ3) is 6.23. The van der Waals surface area contributed by atoms with Crippen LogP contribution in [-0.2, 0) is 14.8 Å². The third-order valence-corrected chi connectivity index (χ3v) is 6.48. The quantitative estimate of drug-likeness (QED) is 0.674. The lowest BCUT2D eigenvalue weighted by molar-refractivity contribution is -0.121. The number of aromatic nitrogens is 2. The highest BCUT2D eigenvalue weighted by Crippen LogP contribution is 2.21. The molecule has 0 bridgehead atoms. The molecule has 1 aromatic carbocycles. The molecule has 31 heavy (non-hydrogen) atoms. The third-order valence-electron chi connectivity index (χ3n) is 5.14. The molecule has 1 saturated heterocycles. The first-order valence-electron chi connectivity index (χ1n) is 10.1. The van der Waals surface area contributed by atoms with Gasteiger partial charge in [0.15, 0.2) is 0 Å². The maximum Gasteiger partial charge on any atom is 0.264 e. The number of nitrogens with zero attached hydrogens (tertiary/aromatic N) is 4. The van der Waals surface area contributed by atoms with Gasteiger partial charge < -0.3 is 10.2 Å². The number of hydrogen-bond acceptors (Lipinski definition) is 7. The number of likely N-dealkylation sites (tertiary alicyclic amines) is 1. The molecule has 1 aliphatic heterocycles. The van der Waals surface area contributed by atoms with Crippen LogP contribution in [0.1, 0.15) is 30.7 Å². The van der Waals surface area contributed by atoms with Gasteiger partial charge in [-0.1, -0.05) is 0 Å². The molecule has 0 unspecified atom stereocenters. The van der Waals surface area contributed by atoms with E-state index in [0.29, 0.717) is 23.5 Å². The zero-order valence-electron chi connectivity index (χ0n) is 17.6. The topological polar surface area (TPSA) is 128 Å². The monoisotopic (exact) mass is 442 g/mol. The van der Waals surface area contributed by atoms with Crippen LogP contribution in [-0.4, -0.2) is 48.8 Å². The van der Waals surface area contributed by atoms with Gasteiger partial charge in [0.25, 0.3) is 10.0 Å². The van der Waals surface area contributed by atoms with E-state index in [1.54, 1.807) is 32.0 Å². The Morgan fingerprint density at radius 3 is 2.35 bits per heavy atom. The van der Waals surface area contributed by atoms with Crippen LogP contribution in [0.3, 0.4) is 0 Å². The van der Waals surface area contributed by atoms with Crippen LogP contribution in [0.5, 0.6) is 0 Å². The SMILES string of the molecule is Cc1cc(C)nc(NS(=O)(=O)c2ccc(NC(=O)C3CCN(CCC#N)CC3)cc2)n1. The first kappa shape index (κ1) is 22.7. The second-order valence-electron chi connectivity index (χ2n) is 7.62. The second-order valence-corrected chi connectivity index (χ2v) is 9.30. The molecule has 0 spiro atoms. The van der Waals surface area contributed by atoms with Crippen molar-refractivity contribution in [2.24, 2.45) is 5.92 Å². The Morgan fingerprint density at radius 1 is 1.16 bits per heavy atom. The van der Waals surface area contributed by atoms with Gasteiger partial charge in [0, 0.05) is 36.0 Å². The fourth-order valence-electron chi connectivity index (χ4n) is 3.54. The Hall–Kier alpha value is -3.03. The van der Waals surface area contributed by atoms with E-state index in [9.17, 15) is 13.2 Å². The number of rotatable bonds is 7. The Bertz CT molecular complexity index is 1050. The Labute approximate surface area is 182 Å². The standard InChI is InChI=1S/C21H26N6O3S/c1-15-14-16(2)24-21(23-15)26-31(29,30)19-6-4-18(5-7-19)25-20(28)17-8-12-27(13-9-17)11-3-10-22/h4-7,14,17H,3,8-9,11-13H2,1-2H3,(H,25,28)(H,23,24,26). The van der Waals surface area contributed by atoms with Crippen molar-refractivity contribution in [2.45, 2.75) is 38.0 Å². The van der Waals surface area contributed by atoms with Crippen LogP contribution in [0.2, 0.25) is 0 Å². The minimum Gasteiger partial charge on any atom is -0.326 e. The van der Waals surface area contributed by atoms with Gasteiger partial charge in [-0.3, -0.25) is 4.79 Å². The van der Waals surface area contributed by atoms with E-state index in [0.717, 1.165) is 32.5 Å². The average molecular weight is 443 g/mol. The smallest absolute Gasteiger partial charge is 0.264 e. The van der Waals surface area contributed by atoms with Crippen molar-refractivity contribution in [1.82, 2.24) is 14.9 Å². The Balaban J connectivity index is 1.58. The van der Waals surface area contributed by atoms with Gasteiger partial charge in [0.2, 0.25) is 11.9 Å². The molecule has 0 saturated carbocycles. The lowest BCUT2D eigenvalue weighted by Gasteiger charge is -2.30. The second kappa shape index (κ2) is 9.85. The van der Waals surface area contributed by atoms with Crippen LogP contribution in [0.15, 0.2) is 35.2 Å². The molecule has 3 rings (SSSR count). The van der Waals surface area contributed by atoms with Gasteiger partial charge in [-0.2, -0.15) is 5.26 Å². The van der Waals surface area contributed by atoms with E-state index in [1.807, 2.05) is 0 Å². The summed E-state index contributed by atoms with van der Waals surface area (Å²) in [5.41, 5.74) is 1.87. The lowest BCUT2D eigenvalue weighted by atomic mass is 9.95. The number of hydrogen-bond donors (Lipinski definition) is 2. The number of carbonyl (C=O) groups is 1. The van der Waals surface area contributed by atoms with Crippen LogP contribution >= 0.6 is 0 Å². The van der Waals surface area contributed by atoms with Gasteiger partial charge in [-0.15, -0.1) is 0 Å². The van der Waals surface area contributed by atoms with Crippen molar-refractivity contribution >= 4 is 27.6 Å². The molecule has 1 fully saturated rings. The molecular weight excluding hydrogens is 416 g/mol. The Kier molecular flexibility index (Phi) is 7.20. The van der Waals surface area contributed by atoms with Crippen molar-refractivity contribution in [3.63, 3.8) is 0 Å². The maximum absolute atomic E-state index is 12.6. The number of nitriles is 1. The molecule has 0 radical (unpaired) electrons. The zero-order valence-corrected chi connectivity index (χ0v) is 18.4. The zero-order chi connectivity index (χ0) is 22.4. The van der Waals surface area contributed by atoms with Crippen LogP contribution in [0.25, 0.3) is 0 Å². The summed E-state index contributed by atoms with van der Waals surface area (Å²) in [5.74, 6) is -0.140. The molecule has 0 atom stereocenters. The summed E-state index contributed by atoms with van der Waals surface area (Å²) >= 11 is 0. The predicted molar refractivity (Wildman–Crippen MR) is 117 cm³/mol. The van der Waals surface area contributed by atoms with E-state index >= 15 is 0 Å². The van der Waals surface area contributed by atoms with Gasteiger partial charge in [0.1, 0.15) is 0 Å². The normalized spacial score (nSPS) is 15.3. The van der Waals surface area contributed by atoms with Crippen molar-refractivity contribution in [3.05, 3.63) is 41.7 Å². The van der Waals surface area contributed by atoms with E-state index in [-0.39, 0.29) is 22.7 Å². The molecule has 9 nitrogen and oxygen atoms in total. The van der Waals surface area contributed by atoms with Crippen molar-refractivity contribution in [2.75, 3.05) is 29.7 Å². The molecule has 2 aromatic rings. The van der Waals surface area contributed by atoms with E-state index in [4.69, 9.17) is 5.26 Å². The minimum absolute atomic E-state index is 0.0241. The lowest BCUT2D eigenvalue weighted by Crippen LogP contribution is -2.38. The number of amides is 1. The number of aryl methyl sites for hydroxylation is 2. The summed E-state index contributed by atoms with van der Waals surface area (Å²) in [6.45, 7) is 5.86. The predicted octanol–water partition coefficient (Wildman–Crippen LogP) is 2.46. The highest BCUT2D eigenvalue weighted by atomic mass is 32.2. The summed E-state index contributed by atoms with van der Waals surface area (Å²) in [4.78, 5) is 23.0. The number of sulfonamides is 1. The first-order chi connectivity index (χ1) is 14.8. The van der Waals surface area contributed by atoms with Crippen molar-refractivity contribution < 1.29 is 13.2 Å². The maximum atomic E-state index is 12.6. The molecule has 1 aliphatic rings. The van der Waals surface area contributed by atoms with Crippen LogP contribution in [0, 0.1) is 31.1 Å². The van der Waals surface area contributed by atoms with Crippen molar-refractivity contribution in [1.29, 1.82) is 5.26 Å². The number of benzene rings is 1. The summed E-state index contributed by atoms with van der Waals surface area (Å²) < 4.78 is 27.6. The largest absolute Gasteiger partial charge is 0.326 e. The number of nitrogens with one attached hydrogen (secondary N) is 2. The molecule has 2 N–H and O–H groups in total. The summed E-state index contributed by atoms with van der Waals surface area (Å²) in [6, 6.07) is 9.90. The molecule has 1 amide bonds. The average Bonchev–Trinajstić information content (AvgIpc) is 2.72. The fourth-order valence-corrected chi connectivity index (χ4v) is 4.48. The highest BCUT2D eigenvalue weighted by Gasteiger charge is 2.25. The molecule has 1 aromatic heterocycles. The first-order valence-corrected chi connectivity index (χ1v) is 11.6. The Morgan fingerprint density at radius 2 is 1.77 bits per heavy atom. The summed E-state index contributed by atoms with van der Waals surface area (Å²) in [5, 5.41) is 11.5. The molecule has 2 heterocycles. The molecule has 0 aliphatic carbocycles. The fraction of sp³-hybridized carbons (Fsp3) is 0.429. The van der Waals surface area contributed by atoms with Gasteiger partial charge in [-0.05, 0) is 70.1 Å². The summed E-state index contributed by atoms with van der Waals surface area (Å²) in [6.07, 6.45) is 1.98. The van der Waals surface area contributed by atoms with E-state index in [1.165, 1.54) is 12.1 Å². The van der Waals surface area contributed by atoms with Gasteiger partial charge in [-0.25, -0.2) is 23.1 Å². The van der Waals surface area contributed by atoms with Gasteiger partial charge >= 0.3 is 0 Å². The van der Waals surface area contributed by atoms with Crippen molar-refractivity contribution in [3.8, 4) is 6.07 Å². The van der Waals surface area contributed by atoms with E-state index in [2.05, 4.69) is 31.0 Å². The number of carbonyl (C=O) groups excluding carboxylic acids is 1. The number of piperidine rings is 1. The molecular formula is C21H26N6O3S. The molecule has 10 heteroatoms. The minimum atomic E-state index is -3.84. The summed E-state index contributed by atoms with van der Waals surface area (Å²) in [7, 11) is -3.84. The molecule has 164 valence electrons.